The third-order valence-electron chi connectivity index (χ3n) is 2.60. The third kappa shape index (κ3) is 1.63. The van der Waals surface area contributed by atoms with Gasteiger partial charge in [0, 0.05) is 5.56 Å². The number of aryl methyl sites for hydroxylation is 2. The Labute approximate surface area is 93.8 Å². The summed E-state index contributed by atoms with van der Waals surface area (Å²) < 4.78 is 1.25. The molecule has 0 bridgehead atoms. The van der Waals surface area contributed by atoms with Gasteiger partial charge in [-0.3, -0.25) is 0 Å². The smallest absolute Gasteiger partial charge is 0.0908 e. The summed E-state index contributed by atoms with van der Waals surface area (Å²) in [7, 11) is 0. The molecule has 2 rings (SSSR count). The highest BCUT2D eigenvalue weighted by Gasteiger charge is 2.09. The van der Waals surface area contributed by atoms with Crippen LogP contribution in [0.1, 0.15) is 21.7 Å². The van der Waals surface area contributed by atoms with E-state index < -0.39 is 0 Å². The SMILES string of the molecule is C=C=Cc1c(C)c(C)cc2sc(C)nc12. The highest BCUT2D eigenvalue weighted by Crippen LogP contribution is 2.29. The van der Waals surface area contributed by atoms with E-state index in [2.05, 4.69) is 37.2 Å². The van der Waals surface area contributed by atoms with Crippen molar-refractivity contribution < 1.29 is 0 Å². The van der Waals surface area contributed by atoms with Crippen LogP contribution in [0, 0.1) is 20.8 Å². The fraction of sp³-hybridized carbons (Fsp3) is 0.231. The zero-order valence-electron chi connectivity index (χ0n) is 9.22. The predicted octanol–water partition coefficient (Wildman–Crippen LogP) is 4.02. The summed E-state index contributed by atoms with van der Waals surface area (Å²) in [5, 5.41) is 1.11. The first-order chi connectivity index (χ1) is 7.13. The number of thiazole rings is 1. The monoisotopic (exact) mass is 215 g/mol. The Bertz CT molecular complexity index is 572. The molecule has 0 fully saturated rings. The van der Waals surface area contributed by atoms with Crippen molar-refractivity contribution in [3.8, 4) is 0 Å². The average Bonchev–Trinajstić information content (AvgIpc) is 2.53. The van der Waals surface area contributed by atoms with E-state index in [1.807, 2.05) is 13.0 Å². The van der Waals surface area contributed by atoms with E-state index >= 15 is 0 Å². The van der Waals surface area contributed by atoms with Gasteiger partial charge in [0.25, 0.3) is 0 Å². The van der Waals surface area contributed by atoms with Crippen LogP contribution in [0.15, 0.2) is 18.4 Å². The van der Waals surface area contributed by atoms with Crippen molar-refractivity contribution in [2.45, 2.75) is 20.8 Å². The van der Waals surface area contributed by atoms with Gasteiger partial charge in [-0.2, -0.15) is 0 Å². The zero-order chi connectivity index (χ0) is 11.0. The molecule has 0 aliphatic rings. The largest absolute Gasteiger partial charge is 0.241 e. The van der Waals surface area contributed by atoms with Crippen molar-refractivity contribution in [3.63, 3.8) is 0 Å². The van der Waals surface area contributed by atoms with Gasteiger partial charge in [-0.15, -0.1) is 17.1 Å². The number of aromatic nitrogens is 1. The van der Waals surface area contributed by atoms with Crippen molar-refractivity contribution in [1.29, 1.82) is 0 Å². The number of hydrogen-bond acceptors (Lipinski definition) is 2. The van der Waals surface area contributed by atoms with Gasteiger partial charge in [0.05, 0.1) is 15.2 Å². The Balaban J connectivity index is 2.93. The highest BCUT2D eigenvalue weighted by atomic mass is 32.1. The van der Waals surface area contributed by atoms with Crippen LogP contribution in [0.25, 0.3) is 16.3 Å². The van der Waals surface area contributed by atoms with Gasteiger partial charge in [-0.1, -0.05) is 6.58 Å². The third-order valence-corrected chi connectivity index (χ3v) is 3.52. The Hall–Kier alpha value is -1.37. The summed E-state index contributed by atoms with van der Waals surface area (Å²) in [6.45, 7) is 9.92. The molecule has 1 aromatic heterocycles. The molecule has 0 aliphatic heterocycles. The topological polar surface area (TPSA) is 12.9 Å². The molecule has 15 heavy (non-hydrogen) atoms. The summed E-state index contributed by atoms with van der Waals surface area (Å²) in [4.78, 5) is 4.55. The van der Waals surface area contributed by atoms with E-state index in [4.69, 9.17) is 0 Å². The van der Waals surface area contributed by atoms with Gasteiger partial charge in [0.2, 0.25) is 0 Å². The van der Waals surface area contributed by atoms with Crippen molar-refractivity contribution in [3.05, 3.63) is 40.1 Å². The van der Waals surface area contributed by atoms with E-state index in [1.165, 1.54) is 15.8 Å². The molecule has 0 saturated carbocycles. The van der Waals surface area contributed by atoms with Crippen LogP contribution in [0.4, 0.5) is 0 Å². The van der Waals surface area contributed by atoms with Gasteiger partial charge < -0.3 is 0 Å². The Morgan fingerprint density at radius 2 is 2.13 bits per heavy atom. The van der Waals surface area contributed by atoms with E-state index in [-0.39, 0.29) is 0 Å². The molecule has 1 nitrogen and oxygen atoms in total. The first kappa shape index (κ1) is 10.2. The molecule has 0 amide bonds. The van der Waals surface area contributed by atoms with Crippen LogP contribution in [0.3, 0.4) is 0 Å². The van der Waals surface area contributed by atoms with Gasteiger partial charge in [-0.25, -0.2) is 4.98 Å². The molecule has 0 spiro atoms. The van der Waals surface area contributed by atoms with Gasteiger partial charge in [0.1, 0.15) is 0 Å². The standard InChI is InChI=1S/C13H13NS/c1-5-6-11-9(3)8(2)7-12-13(11)14-10(4)15-12/h6-7H,1H2,2-4H3. The Morgan fingerprint density at radius 1 is 1.40 bits per heavy atom. The van der Waals surface area contributed by atoms with E-state index in [0.717, 1.165) is 16.1 Å². The molecule has 0 radical (unpaired) electrons. The molecule has 0 N–H and O–H groups in total. The van der Waals surface area contributed by atoms with Crippen LogP contribution in [0.2, 0.25) is 0 Å². The maximum atomic E-state index is 4.55. The van der Waals surface area contributed by atoms with Crippen molar-refractivity contribution in [2.75, 3.05) is 0 Å². The second kappa shape index (κ2) is 3.65. The molecule has 0 unspecified atom stereocenters. The van der Waals surface area contributed by atoms with Gasteiger partial charge in [-0.05, 0) is 44.0 Å². The summed E-state index contributed by atoms with van der Waals surface area (Å²) >= 11 is 1.74. The number of rotatable bonds is 1. The molecule has 0 aliphatic carbocycles. The number of fused-ring (bicyclic) bond motifs is 1. The summed E-state index contributed by atoms with van der Waals surface area (Å²) in [5.41, 5.74) is 7.65. The summed E-state index contributed by atoms with van der Waals surface area (Å²) in [6.07, 6.45) is 1.92. The lowest BCUT2D eigenvalue weighted by Gasteiger charge is -2.04. The molecule has 0 saturated heterocycles. The van der Waals surface area contributed by atoms with Crippen LogP contribution >= 0.6 is 11.3 Å². The summed E-state index contributed by atoms with van der Waals surface area (Å²) in [6, 6.07) is 2.20. The lowest BCUT2D eigenvalue weighted by Crippen LogP contribution is -1.87. The maximum absolute atomic E-state index is 4.55. The molecular formula is C13H13NS. The molecule has 1 heterocycles. The van der Waals surface area contributed by atoms with Crippen LogP contribution in [-0.4, -0.2) is 4.98 Å². The van der Waals surface area contributed by atoms with Crippen molar-refractivity contribution in [2.24, 2.45) is 0 Å². The second-order valence-electron chi connectivity index (χ2n) is 3.66. The molecule has 2 heteroatoms. The average molecular weight is 215 g/mol. The van der Waals surface area contributed by atoms with Crippen LogP contribution in [0.5, 0.6) is 0 Å². The second-order valence-corrected chi connectivity index (χ2v) is 4.90. The Morgan fingerprint density at radius 3 is 2.80 bits per heavy atom. The number of benzene rings is 1. The lowest BCUT2D eigenvalue weighted by atomic mass is 10.0. The van der Waals surface area contributed by atoms with E-state index in [9.17, 15) is 0 Å². The van der Waals surface area contributed by atoms with Gasteiger partial charge >= 0.3 is 0 Å². The van der Waals surface area contributed by atoms with E-state index in [0.29, 0.717) is 0 Å². The molecule has 1 aromatic carbocycles. The fourth-order valence-electron chi connectivity index (χ4n) is 1.71. The predicted molar refractivity (Wildman–Crippen MR) is 67.4 cm³/mol. The van der Waals surface area contributed by atoms with Crippen LogP contribution < -0.4 is 0 Å². The van der Waals surface area contributed by atoms with Crippen molar-refractivity contribution >= 4 is 27.6 Å². The molecule has 2 aromatic rings. The first-order valence-corrected chi connectivity index (χ1v) is 5.68. The minimum atomic E-state index is 1.08. The highest BCUT2D eigenvalue weighted by molar-refractivity contribution is 7.18. The minimum Gasteiger partial charge on any atom is -0.241 e. The normalized spacial score (nSPS) is 10.3. The maximum Gasteiger partial charge on any atom is 0.0908 e. The number of hydrogen-bond donors (Lipinski definition) is 0. The van der Waals surface area contributed by atoms with Gasteiger partial charge in [0.15, 0.2) is 0 Å². The Kier molecular flexibility index (Phi) is 2.47. The lowest BCUT2D eigenvalue weighted by molar-refractivity contribution is 1.31. The van der Waals surface area contributed by atoms with E-state index in [1.54, 1.807) is 11.3 Å². The molecule has 0 atom stereocenters. The fourth-order valence-corrected chi connectivity index (χ4v) is 2.65. The molecular weight excluding hydrogens is 202 g/mol. The number of nitrogens with zero attached hydrogens (tertiary/aromatic N) is 1. The quantitative estimate of drug-likeness (QED) is 0.655. The van der Waals surface area contributed by atoms with Crippen molar-refractivity contribution in [1.82, 2.24) is 4.98 Å². The zero-order valence-corrected chi connectivity index (χ0v) is 10.0. The first-order valence-electron chi connectivity index (χ1n) is 4.86. The van der Waals surface area contributed by atoms with Crippen LogP contribution in [-0.2, 0) is 0 Å². The minimum absolute atomic E-state index is 1.08. The summed E-state index contributed by atoms with van der Waals surface area (Å²) in [5.74, 6) is 0. The molecule has 76 valence electrons.